The first-order valence-corrected chi connectivity index (χ1v) is 5.85. The first kappa shape index (κ1) is 12.8. The van der Waals surface area contributed by atoms with Gasteiger partial charge in [0.05, 0.1) is 31.7 Å². The molecule has 18 heavy (non-hydrogen) atoms. The predicted octanol–water partition coefficient (Wildman–Crippen LogP) is 1.19. The zero-order chi connectivity index (χ0) is 13.2. The molecule has 2 rings (SSSR count). The van der Waals surface area contributed by atoms with E-state index in [1.54, 1.807) is 24.0 Å². The van der Waals surface area contributed by atoms with E-state index in [0.29, 0.717) is 18.8 Å². The average Bonchev–Trinajstić information content (AvgIpc) is 2.25. The van der Waals surface area contributed by atoms with Crippen LogP contribution in [-0.4, -0.2) is 41.2 Å². The third-order valence-electron chi connectivity index (χ3n) is 2.80. The van der Waals surface area contributed by atoms with Gasteiger partial charge in [0.25, 0.3) is 0 Å². The first-order valence-electron chi connectivity index (χ1n) is 5.85. The number of halogens is 1. The van der Waals surface area contributed by atoms with Gasteiger partial charge in [0, 0.05) is 6.07 Å². The Morgan fingerprint density at radius 3 is 2.89 bits per heavy atom. The molecule has 0 atom stereocenters. The number of carbonyl (C=O) groups excluding carboxylic acids is 1. The zero-order valence-corrected chi connectivity index (χ0v) is 10.2. The lowest BCUT2D eigenvalue weighted by atomic mass is 9.97. The van der Waals surface area contributed by atoms with Crippen LogP contribution in [0.1, 0.15) is 13.3 Å². The summed E-state index contributed by atoms with van der Waals surface area (Å²) < 4.78 is 18.1. The van der Waals surface area contributed by atoms with E-state index >= 15 is 0 Å². The normalized spacial score (nSPS) is 17.2. The quantitative estimate of drug-likeness (QED) is 0.876. The van der Waals surface area contributed by atoms with E-state index in [-0.39, 0.29) is 24.8 Å². The van der Waals surface area contributed by atoms with E-state index in [1.165, 1.54) is 12.1 Å². The van der Waals surface area contributed by atoms with Crippen molar-refractivity contribution in [1.29, 1.82) is 0 Å². The molecule has 0 saturated carbocycles. The molecule has 0 unspecified atom stereocenters. The Morgan fingerprint density at radius 2 is 2.28 bits per heavy atom. The summed E-state index contributed by atoms with van der Waals surface area (Å²) in [6.07, 6.45) is 0.229. The minimum Gasteiger partial charge on any atom is -0.493 e. The van der Waals surface area contributed by atoms with Crippen LogP contribution in [0, 0.1) is 5.82 Å². The number of rotatable bonds is 4. The summed E-state index contributed by atoms with van der Waals surface area (Å²) in [4.78, 5) is 13.2. The third kappa shape index (κ3) is 3.20. The molecule has 0 aliphatic carbocycles. The van der Waals surface area contributed by atoms with Crippen LogP contribution in [0.2, 0.25) is 0 Å². The molecule has 1 amide bonds. The van der Waals surface area contributed by atoms with Gasteiger partial charge in [-0.3, -0.25) is 4.79 Å². The van der Waals surface area contributed by atoms with E-state index < -0.39 is 5.60 Å². The Bertz CT molecular complexity index is 440. The van der Waals surface area contributed by atoms with E-state index in [0.717, 1.165) is 0 Å². The molecule has 1 aliphatic heterocycles. The molecule has 1 saturated heterocycles. The van der Waals surface area contributed by atoms with Crippen LogP contribution in [0.5, 0.6) is 5.75 Å². The molecule has 1 heterocycles. The van der Waals surface area contributed by atoms with Crippen LogP contribution in [0.3, 0.4) is 0 Å². The minimum absolute atomic E-state index is 0.0575. The van der Waals surface area contributed by atoms with Crippen LogP contribution in [0.15, 0.2) is 24.3 Å². The predicted molar refractivity (Wildman–Crippen MR) is 63.7 cm³/mol. The first-order chi connectivity index (χ1) is 8.46. The topological polar surface area (TPSA) is 49.8 Å². The van der Waals surface area contributed by atoms with Crippen LogP contribution < -0.4 is 4.74 Å². The van der Waals surface area contributed by atoms with Crippen molar-refractivity contribution in [2.24, 2.45) is 0 Å². The van der Waals surface area contributed by atoms with Crippen molar-refractivity contribution in [2.45, 2.75) is 18.9 Å². The molecule has 1 aromatic carbocycles. The second-order valence-corrected chi connectivity index (χ2v) is 4.80. The fourth-order valence-electron chi connectivity index (χ4n) is 1.92. The summed E-state index contributed by atoms with van der Waals surface area (Å²) in [7, 11) is 0. The van der Waals surface area contributed by atoms with Gasteiger partial charge < -0.3 is 14.7 Å². The van der Waals surface area contributed by atoms with Gasteiger partial charge in [-0.05, 0) is 19.1 Å². The van der Waals surface area contributed by atoms with Gasteiger partial charge >= 0.3 is 0 Å². The number of nitrogens with zero attached hydrogens (tertiary/aromatic N) is 1. The molecular formula is C13H16FNO3. The summed E-state index contributed by atoms with van der Waals surface area (Å²) >= 11 is 0. The molecule has 0 spiro atoms. The lowest BCUT2D eigenvalue weighted by Gasteiger charge is -2.44. The second-order valence-electron chi connectivity index (χ2n) is 4.80. The highest BCUT2D eigenvalue weighted by Crippen LogP contribution is 2.20. The highest BCUT2D eigenvalue weighted by Gasteiger charge is 2.38. The molecule has 4 nitrogen and oxygen atoms in total. The number of aliphatic hydroxyl groups is 1. The van der Waals surface area contributed by atoms with Gasteiger partial charge in [0.2, 0.25) is 5.91 Å². The number of ether oxygens (including phenoxy) is 1. The summed E-state index contributed by atoms with van der Waals surface area (Å²) in [6, 6.07) is 5.81. The summed E-state index contributed by atoms with van der Waals surface area (Å²) in [6.45, 7) is 2.64. The fraction of sp³-hybridized carbons (Fsp3) is 0.462. The van der Waals surface area contributed by atoms with Gasteiger partial charge in [0.1, 0.15) is 11.6 Å². The summed E-state index contributed by atoms with van der Waals surface area (Å²) in [5.74, 6) is -0.00560. The molecular weight excluding hydrogens is 237 g/mol. The molecule has 1 aliphatic rings. The Kier molecular flexibility index (Phi) is 3.52. The Hall–Kier alpha value is -1.62. The highest BCUT2D eigenvalue weighted by molar-refractivity contribution is 5.77. The van der Waals surface area contributed by atoms with E-state index in [1.807, 2.05) is 0 Å². The number of hydrogen-bond donors (Lipinski definition) is 1. The van der Waals surface area contributed by atoms with Gasteiger partial charge in [-0.2, -0.15) is 0 Å². The molecule has 98 valence electrons. The van der Waals surface area contributed by atoms with Crippen molar-refractivity contribution >= 4 is 5.91 Å². The fourth-order valence-corrected chi connectivity index (χ4v) is 1.92. The van der Waals surface area contributed by atoms with E-state index in [2.05, 4.69) is 0 Å². The molecule has 0 aromatic heterocycles. The second kappa shape index (κ2) is 4.94. The van der Waals surface area contributed by atoms with Crippen LogP contribution >= 0.6 is 0 Å². The number of β-amino-alcohol motifs (C(OH)–C–C–N with tert-alkyl or cyclic N) is 1. The maximum Gasteiger partial charge on any atom is 0.226 e. The van der Waals surface area contributed by atoms with E-state index in [4.69, 9.17) is 4.74 Å². The van der Waals surface area contributed by atoms with Crippen LogP contribution in [-0.2, 0) is 4.79 Å². The van der Waals surface area contributed by atoms with Gasteiger partial charge in [-0.25, -0.2) is 4.39 Å². The monoisotopic (exact) mass is 253 g/mol. The van der Waals surface area contributed by atoms with Crippen molar-refractivity contribution in [3.05, 3.63) is 30.1 Å². The van der Waals surface area contributed by atoms with Crippen molar-refractivity contribution in [3.63, 3.8) is 0 Å². The van der Waals surface area contributed by atoms with Crippen LogP contribution in [0.4, 0.5) is 4.39 Å². The van der Waals surface area contributed by atoms with Crippen molar-refractivity contribution < 1.29 is 19.0 Å². The van der Waals surface area contributed by atoms with Crippen LogP contribution in [0.25, 0.3) is 0 Å². The number of benzene rings is 1. The lowest BCUT2D eigenvalue weighted by molar-refractivity contribution is -0.152. The molecule has 1 N–H and O–H groups in total. The molecule has 5 heteroatoms. The van der Waals surface area contributed by atoms with Crippen molar-refractivity contribution in [1.82, 2.24) is 4.90 Å². The largest absolute Gasteiger partial charge is 0.493 e. The lowest BCUT2D eigenvalue weighted by Crippen LogP contribution is -2.61. The SMILES string of the molecule is CC1(O)CN(C(=O)CCOc2cccc(F)c2)C1. The number of hydrogen-bond acceptors (Lipinski definition) is 3. The molecule has 0 radical (unpaired) electrons. The van der Waals surface area contributed by atoms with Crippen molar-refractivity contribution in [2.75, 3.05) is 19.7 Å². The smallest absolute Gasteiger partial charge is 0.226 e. The standard InChI is InChI=1S/C13H16FNO3/c1-13(17)8-15(9-13)12(16)5-6-18-11-4-2-3-10(14)7-11/h2-4,7,17H,5-6,8-9H2,1H3. The third-order valence-corrected chi connectivity index (χ3v) is 2.80. The molecule has 0 bridgehead atoms. The van der Waals surface area contributed by atoms with Gasteiger partial charge in [-0.15, -0.1) is 0 Å². The summed E-state index contributed by atoms with van der Waals surface area (Å²) in [5.41, 5.74) is -0.751. The minimum atomic E-state index is -0.751. The Morgan fingerprint density at radius 1 is 1.56 bits per heavy atom. The number of likely N-dealkylation sites (tertiary alicyclic amines) is 1. The Labute approximate surface area is 105 Å². The zero-order valence-electron chi connectivity index (χ0n) is 10.2. The highest BCUT2D eigenvalue weighted by atomic mass is 19.1. The summed E-state index contributed by atoms with van der Waals surface area (Å²) in [5, 5.41) is 9.50. The molecule has 1 fully saturated rings. The van der Waals surface area contributed by atoms with E-state index in [9.17, 15) is 14.3 Å². The molecule has 1 aromatic rings. The van der Waals surface area contributed by atoms with Crippen molar-refractivity contribution in [3.8, 4) is 5.75 Å². The number of amides is 1. The maximum atomic E-state index is 12.8. The number of carbonyl (C=O) groups is 1. The van der Waals surface area contributed by atoms with Gasteiger partial charge in [0.15, 0.2) is 0 Å². The average molecular weight is 253 g/mol. The maximum absolute atomic E-state index is 12.8. The van der Waals surface area contributed by atoms with Gasteiger partial charge in [-0.1, -0.05) is 6.07 Å². The Balaban J connectivity index is 1.71.